The Morgan fingerprint density at radius 3 is 2.00 bits per heavy atom. The van der Waals surface area contributed by atoms with Crippen LogP contribution in [0.25, 0.3) is 0 Å². The van der Waals surface area contributed by atoms with Gasteiger partial charge in [-0.25, -0.2) is 0 Å². The van der Waals surface area contributed by atoms with E-state index in [1.165, 1.54) is 16.3 Å². The van der Waals surface area contributed by atoms with E-state index >= 15 is 0 Å². The van der Waals surface area contributed by atoms with Crippen molar-refractivity contribution in [1.29, 1.82) is 0 Å². The smallest absolute Gasteiger partial charge is 0.156 e. The van der Waals surface area contributed by atoms with Gasteiger partial charge in [0.25, 0.3) is 0 Å². The van der Waals surface area contributed by atoms with Gasteiger partial charge in [-0.05, 0) is 6.92 Å². The molecule has 10 heavy (non-hydrogen) atoms. The molecule has 1 unspecified atom stereocenters. The van der Waals surface area contributed by atoms with Gasteiger partial charge < -0.3 is 17.3 Å². The van der Waals surface area contributed by atoms with Crippen molar-refractivity contribution < 1.29 is 17.3 Å². The molecule has 0 aromatic heterocycles. The fourth-order valence-corrected chi connectivity index (χ4v) is 1.19. The van der Waals surface area contributed by atoms with Crippen molar-refractivity contribution in [2.75, 3.05) is 20.8 Å². The number of hydrogen-bond acceptors (Lipinski definition) is 1. The molecule has 0 amide bonds. The molecule has 0 fully saturated rings. The molecule has 1 atom stereocenters. The number of rotatable bonds is 0. The number of halogens is 1. The van der Waals surface area contributed by atoms with Gasteiger partial charge in [-0.15, -0.1) is 0 Å². The van der Waals surface area contributed by atoms with E-state index in [4.69, 9.17) is 0 Å². The zero-order valence-corrected chi connectivity index (χ0v) is 7.79. The van der Waals surface area contributed by atoms with Crippen molar-refractivity contribution in [2.24, 2.45) is 0 Å². The second-order valence-electron chi connectivity index (χ2n) is 2.85. The minimum absolute atomic E-state index is 0. The van der Waals surface area contributed by atoms with E-state index < -0.39 is 0 Å². The summed E-state index contributed by atoms with van der Waals surface area (Å²) >= 11 is 0. The van der Waals surface area contributed by atoms with Crippen molar-refractivity contribution in [3.05, 3.63) is 11.4 Å². The SMILES string of the molecule is CC1=C(C)[NH+](C)CN1C.[Cl-]. The van der Waals surface area contributed by atoms with Gasteiger partial charge in [-0.3, -0.25) is 4.90 Å². The third-order valence-corrected chi connectivity index (χ3v) is 2.23. The average molecular weight is 163 g/mol. The van der Waals surface area contributed by atoms with E-state index in [2.05, 4.69) is 32.8 Å². The lowest BCUT2D eigenvalue weighted by atomic mass is 10.4. The number of hydrogen-bond donors (Lipinski definition) is 1. The van der Waals surface area contributed by atoms with Gasteiger partial charge in [0, 0.05) is 14.0 Å². The first kappa shape index (κ1) is 9.79. The Balaban J connectivity index is 0.000000810. The Bertz CT molecular complexity index is 138. The van der Waals surface area contributed by atoms with Gasteiger partial charge >= 0.3 is 0 Å². The lowest BCUT2D eigenvalue weighted by molar-refractivity contribution is -0.840. The lowest BCUT2D eigenvalue weighted by Crippen LogP contribution is -3.06. The van der Waals surface area contributed by atoms with Gasteiger partial charge in [-0.2, -0.15) is 0 Å². The second-order valence-corrected chi connectivity index (χ2v) is 2.85. The summed E-state index contributed by atoms with van der Waals surface area (Å²) in [7, 11) is 4.33. The highest BCUT2D eigenvalue weighted by Gasteiger charge is 2.20. The molecule has 0 aromatic rings. The van der Waals surface area contributed by atoms with Crippen molar-refractivity contribution >= 4 is 0 Å². The van der Waals surface area contributed by atoms with Crippen molar-refractivity contribution in [3.63, 3.8) is 0 Å². The number of quaternary nitrogens is 1. The first-order valence-electron chi connectivity index (χ1n) is 3.34. The Morgan fingerprint density at radius 2 is 1.90 bits per heavy atom. The van der Waals surface area contributed by atoms with Crippen LogP contribution in [0.1, 0.15) is 13.8 Å². The van der Waals surface area contributed by atoms with Crippen molar-refractivity contribution in [1.82, 2.24) is 4.90 Å². The van der Waals surface area contributed by atoms with E-state index in [1.54, 1.807) is 0 Å². The Morgan fingerprint density at radius 1 is 1.40 bits per heavy atom. The fourth-order valence-electron chi connectivity index (χ4n) is 1.19. The maximum Gasteiger partial charge on any atom is 0.156 e. The molecule has 2 nitrogen and oxygen atoms in total. The first-order valence-corrected chi connectivity index (χ1v) is 3.34. The highest BCUT2D eigenvalue weighted by molar-refractivity contribution is 5.02. The number of nitrogens with zero attached hydrogens (tertiary/aromatic N) is 1. The molecule has 0 aromatic carbocycles. The van der Waals surface area contributed by atoms with Crippen molar-refractivity contribution in [3.8, 4) is 0 Å². The van der Waals surface area contributed by atoms with Gasteiger partial charge in [0.15, 0.2) is 6.67 Å². The Hall–Kier alpha value is -0.210. The van der Waals surface area contributed by atoms with Crippen LogP contribution in [0.3, 0.4) is 0 Å². The fraction of sp³-hybridized carbons (Fsp3) is 0.714. The quantitative estimate of drug-likeness (QED) is 0.392. The molecular formula is C7H15ClN2. The molecule has 0 aliphatic carbocycles. The van der Waals surface area contributed by atoms with Crippen LogP contribution in [-0.4, -0.2) is 25.7 Å². The summed E-state index contributed by atoms with van der Waals surface area (Å²) in [5.74, 6) is 0. The minimum atomic E-state index is 0. The summed E-state index contributed by atoms with van der Waals surface area (Å²) in [5, 5.41) is 0. The summed E-state index contributed by atoms with van der Waals surface area (Å²) in [6, 6.07) is 0. The van der Waals surface area contributed by atoms with Gasteiger partial charge in [0.2, 0.25) is 0 Å². The normalized spacial score (nSPS) is 25.2. The van der Waals surface area contributed by atoms with Crippen LogP contribution < -0.4 is 17.3 Å². The zero-order valence-electron chi connectivity index (χ0n) is 7.03. The summed E-state index contributed by atoms with van der Waals surface area (Å²) < 4.78 is 0. The standard InChI is InChI=1S/C7H14N2.ClH/c1-6-7(2)9(4)5-8(6)3;/h5H2,1-4H3;1H. The van der Waals surface area contributed by atoms with E-state index in [0.29, 0.717) is 0 Å². The maximum atomic E-state index is 2.28. The molecule has 0 saturated carbocycles. The molecule has 1 aliphatic rings. The summed E-state index contributed by atoms with van der Waals surface area (Å²) in [6.07, 6.45) is 0. The van der Waals surface area contributed by atoms with Gasteiger partial charge in [0.1, 0.15) is 5.70 Å². The third kappa shape index (κ3) is 1.44. The van der Waals surface area contributed by atoms with E-state index in [1.807, 2.05) is 0 Å². The van der Waals surface area contributed by atoms with Crippen LogP contribution in [-0.2, 0) is 0 Å². The van der Waals surface area contributed by atoms with E-state index in [0.717, 1.165) is 6.67 Å². The van der Waals surface area contributed by atoms with E-state index in [9.17, 15) is 0 Å². The van der Waals surface area contributed by atoms with Crippen LogP contribution in [0.2, 0.25) is 0 Å². The largest absolute Gasteiger partial charge is 1.00 e. The van der Waals surface area contributed by atoms with Crippen LogP contribution in [0.4, 0.5) is 0 Å². The predicted molar refractivity (Wildman–Crippen MR) is 37.9 cm³/mol. The number of allylic oxidation sites excluding steroid dienone is 2. The van der Waals surface area contributed by atoms with Gasteiger partial charge in [0.05, 0.1) is 12.7 Å². The highest BCUT2D eigenvalue weighted by Crippen LogP contribution is 2.04. The van der Waals surface area contributed by atoms with Crippen LogP contribution in [0.5, 0.6) is 0 Å². The molecular weight excluding hydrogens is 148 g/mol. The second kappa shape index (κ2) is 3.26. The molecule has 0 spiro atoms. The first-order chi connectivity index (χ1) is 4.13. The van der Waals surface area contributed by atoms with Crippen LogP contribution >= 0.6 is 0 Å². The molecule has 1 aliphatic heterocycles. The monoisotopic (exact) mass is 162 g/mol. The summed E-state index contributed by atoms with van der Waals surface area (Å²) in [4.78, 5) is 3.79. The van der Waals surface area contributed by atoms with Crippen molar-refractivity contribution in [2.45, 2.75) is 13.8 Å². The van der Waals surface area contributed by atoms with Crippen LogP contribution in [0, 0.1) is 0 Å². The Kier molecular flexibility index (Phi) is 3.19. The molecule has 1 rings (SSSR count). The van der Waals surface area contributed by atoms with E-state index in [-0.39, 0.29) is 12.4 Å². The van der Waals surface area contributed by atoms with Gasteiger partial charge in [-0.1, -0.05) is 0 Å². The molecule has 1 N–H and O–H groups in total. The lowest BCUT2D eigenvalue weighted by Gasteiger charge is -2.09. The summed E-state index contributed by atoms with van der Waals surface area (Å²) in [5.41, 5.74) is 2.89. The third-order valence-electron chi connectivity index (χ3n) is 2.23. The minimum Gasteiger partial charge on any atom is -1.00 e. The Labute approximate surface area is 68.9 Å². The molecule has 3 heteroatoms. The molecule has 0 saturated heterocycles. The molecule has 1 heterocycles. The zero-order chi connectivity index (χ0) is 7.02. The number of nitrogens with one attached hydrogen (secondary N) is 1. The molecule has 60 valence electrons. The average Bonchev–Trinajstić information content (AvgIpc) is 1.98. The topological polar surface area (TPSA) is 7.68 Å². The predicted octanol–water partition coefficient (Wildman–Crippen LogP) is -3.34. The maximum absolute atomic E-state index is 2.28. The highest BCUT2D eigenvalue weighted by atomic mass is 35.5. The molecule has 0 bridgehead atoms. The molecule has 0 radical (unpaired) electrons. The van der Waals surface area contributed by atoms with Crippen LogP contribution in [0.15, 0.2) is 11.4 Å². The summed E-state index contributed by atoms with van der Waals surface area (Å²) in [6.45, 7) is 5.48.